The number of Topliss-reactive ketones (excluding diaryl/α,β-unsaturated/α-hetero) is 1. The molecule has 0 saturated carbocycles. The molecular weight excluding hydrogens is 240 g/mol. The number of benzene rings is 2. The van der Waals surface area contributed by atoms with Gasteiger partial charge in [-0.1, -0.05) is 29.8 Å². The van der Waals surface area contributed by atoms with Gasteiger partial charge in [0, 0.05) is 12.5 Å². The number of rotatable bonds is 3. The minimum Gasteiger partial charge on any atom is -0.508 e. The van der Waals surface area contributed by atoms with E-state index in [1.165, 1.54) is 12.1 Å². The van der Waals surface area contributed by atoms with Crippen LogP contribution in [0.1, 0.15) is 27.0 Å². The predicted molar refractivity (Wildman–Crippen MR) is 73.7 cm³/mol. The van der Waals surface area contributed by atoms with Gasteiger partial charge in [0.25, 0.3) is 0 Å². The van der Waals surface area contributed by atoms with E-state index < -0.39 is 0 Å². The van der Waals surface area contributed by atoms with Crippen molar-refractivity contribution in [2.45, 2.75) is 20.3 Å². The summed E-state index contributed by atoms with van der Waals surface area (Å²) in [5.41, 5.74) is 2.86. The number of aryl methyl sites for hydroxylation is 2. The summed E-state index contributed by atoms with van der Waals surface area (Å²) in [7, 11) is 0. The highest BCUT2D eigenvalue weighted by molar-refractivity contribution is 6.00. The zero-order valence-electron chi connectivity index (χ0n) is 11.0. The zero-order valence-corrected chi connectivity index (χ0v) is 11.0. The van der Waals surface area contributed by atoms with Crippen LogP contribution in [0.4, 0.5) is 0 Å². The number of ketones is 1. The first kappa shape index (κ1) is 13.1. The normalized spacial score (nSPS) is 10.4. The lowest BCUT2D eigenvalue weighted by Gasteiger charge is -2.07. The first-order valence-corrected chi connectivity index (χ1v) is 6.08. The maximum absolute atomic E-state index is 12.1. The third kappa shape index (κ3) is 2.94. The number of hydrogen-bond acceptors (Lipinski definition) is 3. The van der Waals surface area contributed by atoms with Gasteiger partial charge >= 0.3 is 0 Å². The summed E-state index contributed by atoms with van der Waals surface area (Å²) in [6.07, 6.45) is 0.234. The molecule has 19 heavy (non-hydrogen) atoms. The van der Waals surface area contributed by atoms with Crippen LogP contribution >= 0.6 is 0 Å². The SMILES string of the molecule is Cc1ccc(CC(=O)c2cc(C)c(O)cc2O)cc1. The Bertz CT molecular complexity index is 613. The fraction of sp³-hybridized carbons (Fsp3) is 0.188. The fourth-order valence-electron chi connectivity index (χ4n) is 1.90. The molecule has 0 atom stereocenters. The van der Waals surface area contributed by atoms with Gasteiger partial charge in [-0.25, -0.2) is 0 Å². The number of aromatic hydroxyl groups is 2. The van der Waals surface area contributed by atoms with Crippen LogP contribution in [0.5, 0.6) is 11.5 Å². The molecule has 2 rings (SSSR count). The van der Waals surface area contributed by atoms with E-state index in [1.54, 1.807) is 6.92 Å². The Kier molecular flexibility index (Phi) is 3.56. The summed E-state index contributed by atoms with van der Waals surface area (Å²) in [6, 6.07) is 10.4. The van der Waals surface area contributed by atoms with Crippen molar-refractivity contribution in [2.24, 2.45) is 0 Å². The van der Waals surface area contributed by atoms with Gasteiger partial charge in [0.15, 0.2) is 5.78 Å². The van der Waals surface area contributed by atoms with Crippen LogP contribution in [0.25, 0.3) is 0 Å². The second-order valence-electron chi connectivity index (χ2n) is 4.74. The Morgan fingerprint density at radius 1 is 1.00 bits per heavy atom. The standard InChI is InChI=1S/C16H16O3/c1-10-3-5-12(6-4-10)8-15(18)13-7-11(2)14(17)9-16(13)19/h3-7,9,17,19H,8H2,1-2H3. The van der Waals surface area contributed by atoms with Crippen molar-refractivity contribution in [1.82, 2.24) is 0 Å². The van der Waals surface area contributed by atoms with Crippen LogP contribution in [-0.4, -0.2) is 16.0 Å². The largest absolute Gasteiger partial charge is 0.508 e. The topological polar surface area (TPSA) is 57.5 Å². The molecule has 0 fully saturated rings. The number of carbonyl (C=O) groups is 1. The average Bonchev–Trinajstić information content (AvgIpc) is 2.36. The Hall–Kier alpha value is -2.29. The van der Waals surface area contributed by atoms with E-state index in [9.17, 15) is 15.0 Å². The van der Waals surface area contributed by atoms with Crippen LogP contribution in [0.3, 0.4) is 0 Å². The molecule has 0 radical (unpaired) electrons. The molecule has 2 N–H and O–H groups in total. The Morgan fingerprint density at radius 2 is 1.63 bits per heavy atom. The van der Waals surface area contributed by atoms with Crippen molar-refractivity contribution in [3.05, 3.63) is 58.7 Å². The van der Waals surface area contributed by atoms with Crippen molar-refractivity contribution in [2.75, 3.05) is 0 Å². The maximum Gasteiger partial charge on any atom is 0.170 e. The Balaban J connectivity index is 2.25. The van der Waals surface area contributed by atoms with Crippen molar-refractivity contribution < 1.29 is 15.0 Å². The predicted octanol–water partition coefficient (Wildman–Crippen LogP) is 3.14. The summed E-state index contributed by atoms with van der Waals surface area (Å²) >= 11 is 0. The van der Waals surface area contributed by atoms with Gasteiger partial charge in [-0.2, -0.15) is 0 Å². The molecule has 0 heterocycles. The number of phenols is 2. The summed E-state index contributed by atoms with van der Waals surface area (Å²) in [5.74, 6) is -0.353. The minimum atomic E-state index is -0.180. The number of hydrogen-bond donors (Lipinski definition) is 2. The van der Waals surface area contributed by atoms with Crippen LogP contribution in [0.2, 0.25) is 0 Å². The van der Waals surface area contributed by atoms with Crippen LogP contribution in [0, 0.1) is 13.8 Å². The number of phenolic OH excluding ortho intramolecular Hbond substituents is 2. The average molecular weight is 256 g/mol. The van der Waals surface area contributed by atoms with Gasteiger partial charge in [0.1, 0.15) is 11.5 Å². The summed E-state index contributed by atoms with van der Waals surface area (Å²) in [6.45, 7) is 3.68. The first-order chi connectivity index (χ1) is 8.97. The molecule has 0 aliphatic heterocycles. The van der Waals surface area contributed by atoms with E-state index in [1.807, 2.05) is 31.2 Å². The Labute approximate surface area is 112 Å². The van der Waals surface area contributed by atoms with Gasteiger partial charge in [-0.15, -0.1) is 0 Å². The second-order valence-corrected chi connectivity index (χ2v) is 4.74. The van der Waals surface area contributed by atoms with Crippen molar-refractivity contribution >= 4 is 5.78 Å². The van der Waals surface area contributed by atoms with Gasteiger partial charge in [0.2, 0.25) is 0 Å². The third-order valence-electron chi connectivity index (χ3n) is 3.10. The van der Waals surface area contributed by atoms with E-state index in [0.29, 0.717) is 5.56 Å². The van der Waals surface area contributed by atoms with Gasteiger partial charge < -0.3 is 10.2 Å². The molecule has 0 amide bonds. The van der Waals surface area contributed by atoms with Gasteiger partial charge in [-0.05, 0) is 31.0 Å². The summed E-state index contributed by atoms with van der Waals surface area (Å²) in [5, 5.41) is 19.2. The molecule has 0 unspecified atom stereocenters. The lowest BCUT2D eigenvalue weighted by Crippen LogP contribution is -2.04. The van der Waals surface area contributed by atoms with E-state index >= 15 is 0 Å². The van der Waals surface area contributed by atoms with E-state index in [0.717, 1.165) is 11.1 Å². The first-order valence-electron chi connectivity index (χ1n) is 6.08. The zero-order chi connectivity index (χ0) is 14.0. The molecule has 98 valence electrons. The molecule has 3 nitrogen and oxygen atoms in total. The highest BCUT2D eigenvalue weighted by atomic mass is 16.3. The fourth-order valence-corrected chi connectivity index (χ4v) is 1.90. The third-order valence-corrected chi connectivity index (χ3v) is 3.10. The van der Waals surface area contributed by atoms with E-state index in [-0.39, 0.29) is 29.3 Å². The van der Waals surface area contributed by atoms with Crippen molar-refractivity contribution in [3.8, 4) is 11.5 Å². The quantitative estimate of drug-likeness (QED) is 0.829. The smallest absolute Gasteiger partial charge is 0.170 e. The van der Waals surface area contributed by atoms with E-state index in [4.69, 9.17) is 0 Å². The lowest BCUT2D eigenvalue weighted by atomic mass is 9.99. The monoisotopic (exact) mass is 256 g/mol. The van der Waals surface area contributed by atoms with Crippen molar-refractivity contribution in [1.29, 1.82) is 0 Å². The highest BCUT2D eigenvalue weighted by Gasteiger charge is 2.14. The molecule has 0 aliphatic rings. The summed E-state index contributed by atoms with van der Waals surface area (Å²) < 4.78 is 0. The lowest BCUT2D eigenvalue weighted by molar-refractivity contribution is 0.0990. The molecule has 2 aromatic carbocycles. The molecule has 0 aliphatic carbocycles. The van der Waals surface area contributed by atoms with Crippen molar-refractivity contribution in [3.63, 3.8) is 0 Å². The molecule has 0 bridgehead atoms. The molecule has 0 aromatic heterocycles. The van der Waals surface area contributed by atoms with Crippen LogP contribution < -0.4 is 0 Å². The highest BCUT2D eigenvalue weighted by Crippen LogP contribution is 2.27. The van der Waals surface area contributed by atoms with Gasteiger partial charge in [0.05, 0.1) is 5.56 Å². The summed E-state index contributed by atoms with van der Waals surface area (Å²) in [4.78, 5) is 12.1. The molecule has 2 aromatic rings. The van der Waals surface area contributed by atoms with Crippen LogP contribution in [0.15, 0.2) is 36.4 Å². The van der Waals surface area contributed by atoms with Gasteiger partial charge in [-0.3, -0.25) is 4.79 Å². The van der Waals surface area contributed by atoms with E-state index in [2.05, 4.69) is 0 Å². The minimum absolute atomic E-state index is 0.00983. The molecule has 0 spiro atoms. The molecular formula is C16H16O3. The number of carbonyl (C=O) groups excluding carboxylic acids is 1. The molecule has 3 heteroatoms. The Morgan fingerprint density at radius 3 is 2.26 bits per heavy atom. The maximum atomic E-state index is 12.1. The molecule has 0 saturated heterocycles. The second kappa shape index (κ2) is 5.14. The van der Waals surface area contributed by atoms with Crippen LogP contribution in [-0.2, 0) is 6.42 Å².